The molecule has 2 N–H and O–H groups in total. The molecular weight excluding hydrogens is 236 g/mol. The lowest BCUT2D eigenvalue weighted by molar-refractivity contribution is 0.0699. The van der Waals surface area contributed by atoms with Crippen LogP contribution in [0.3, 0.4) is 0 Å². The van der Waals surface area contributed by atoms with Crippen LogP contribution in [0.1, 0.15) is 9.67 Å². The van der Waals surface area contributed by atoms with Crippen LogP contribution in [0.25, 0.3) is 20.9 Å². The molecule has 2 aromatic carbocycles. The van der Waals surface area contributed by atoms with Crippen LogP contribution in [0.4, 0.5) is 0 Å². The van der Waals surface area contributed by atoms with Crippen LogP contribution in [0, 0.1) is 0 Å². The van der Waals surface area contributed by atoms with Crippen LogP contribution in [-0.2, 0) is 0 Å². The summed E-state index contributed by atoms with van der Waals surface area (Å²) in [5, 5.41) is 21.5. The molecule has 0 aliphatic carbocycles. The Morgan fingerprint density at radius 2 is 1.82 bits per heavy atom. The second-order valence-corrected chi connectivity index (χ2v) is 4.77. The minimum absolute atomic E-state index is 0.00338. The highest BCUT2D eigenvalue weighted by molar-refractivity contribution is 7.22. The predicted octanol–water partition coefficient (Wildman–Crippen LogP) is 3.46. The van der Waals surface area contributed by atoms with Gasteiger partial charge in [-0.05, 0) is 16.8 Å². The summed E-state index contributed by atoms with van der Waals surface area (Å²) < 4.78 is 0.818. The van der Waals surface area contributed by atoms with Gasteiger partial charge in [-0.25, -0.2) is 4.79 Å². The SMILES string of the molecule is O=C(O)c1sc2c(ccc3ccccc32)c1O. The molecule has 1 heterocycles. The Morgan fingerprint density at radius 1 is 1.06 bits per heavy atom. The molecule has 4 heteroatoms. The third-order valence-corrected chi connectivity index (χ3v) is 3.96. The van der Waals surface area contributed by atoms with Gasteiger partial charge in [0.1, 0.15) is 5.75 Å². The van der Waals surface area contributed by atoms with Crippen LogP contribution in [0.5, 0.6) is 5.75 Å². The number of fused-ring (bicyclic) bond motifs is 3. The summed E-state index contributed by atoms with van der Waals surface area (Å²) in [6.07, 6.45) is 0. The molecule has 3 aromatic rings. The Bertz CT molecular complexity index is 743. The second kappa shape index (κ2) is 3.46. The van der Waals surface area contributed by atoms with Gasteiger partial charge in [0, 0.05) is 10.1 Å². The zero-order valence-electron chi connectivity index (χ0n) is 8.68. The first kappa shape index (κ1) is 10.1. The van der Waals surface area contributed by atoms with Gasteiger partial charge < -0.3 is 10.2 Å². The van der Waals surface area contributed by atoms with E-state index in [4.69, 9.17) is 5.11 Å². The van der Waals surface area contributed by atoms with Gasteiger partial charge in [-0.15, -0.1) is 11.3 Å². The van der Waals surface area contributed by atoms with Gasteiger partial charge in [0.2, 0.25) is 0 Å². The van der Waals surface area contributed by atoms with Crippen molar-refractivity contribution >= 4 is 38.2 Å². The standard InChI is InChI=1S/C13H8O3S/c14-10-9-6-5-7-3-1-2-4-8(7)11(9)17-12(10)13(15)16/h1-6,14H,(H,15,16). The van der Waals surface area contributed by atoms with E-state index in [0.29, 0.717) is 5.39 Å². The molecule has 0 aliphatic heterocycles. The van der Waals surface area contributed by atoms with Crippen molar-refractivity contribution < 1.29 is 15.0 Å². The summed E-state index contributed by atoms with van der Waals surface area (Å²) in [6, 6.07) is 11.4. The lowest BCUT2D eigenvalue weighted by Crippen LogP contribution is -1.90. The van der Waals surface area contributed by atoms with Crippen molar-refractivity contribution in [3.63, 3.8) is 0 Å². The largest absolute Gasteiger partial charge is 0.505 e. The third-order valence-electron chi connectivity index (χ3n) is 2.75. The highest BCUT2D eigenvalue weighted by atomic mass is 32.1. The maximum atomic E-state index is 11.0. The molecule has 0 atom stereocenters. The monoisotopic (exact) mass is 244 g/mol. The lowest BCUT2D eigenvalue weighted by Gasteiger charge is -1.98. The first-order valence-corrected chi connectivity index (χ1v) is 5.86. The molecule has 0 fully saturated rings. The smallest absolute Gasteiger partial charge is 0.349 e. The summed E-state index contributed by atoms with van der Waals surface area (Å²) in [5.74, 6) is -1.23. The quantitative estimate of drug-likeness (QED) is 0.689. The summed E-state index contributed by atoms with van der Waals surface area (Å²) in [4.78, 5) is 11.0. The van der Waals surface area contributed by atoms with E-state index in [-0.39, 0.29) is 10.6 Å². The lowest BCUT2D eigenvalue weighted by atomic mass is 10.1. The molecule has 0 radical (unpaired) electrons. The molecule has 3 nitrogen and oxygen atoms in total. The summed E-state index contributed by atoms with van der Waals surface area (Å²) in [7, 11) is 0. The molecule has 0 bridgehead atoms. The van der Waals surface area contributed by atoms with Gasteiger partial charge in [-0.3, -0.25) is 0 Å². The predicted molar refractivity (Wildman–Crippen MR) is 68.0 cm³/mol. The fourth-order valence-electron chi connectivity index (χ4n) is 1.96. The molecule has 3 rings (SSSR count). The number of hydrogen-bond acceptors (Lipinski definition) is 3. The van der Waals surface area contributed by atoms with E-state index in [2.05, 4.69) is 0 Å². The first-order valence-electron chi connectivity index (χ1n) is 5.05. The Hall–Kier alpha value is -2.07. The maximum absolute atomic E-state index is 11.0. The number of rotatable bonds is 1. The average Bonchev–Trinajstić information content (AvgIpc) is 2.67. The number of benzene rings is 2. The van der Waals surface area contributed by atoms with Gasteiger partial charge in [-0.2, -0.15) is 0 Å². The number of hydrogen-bond donors (Lipinski definition) is 2. The Balaban J connectivity index is 2.51. The fraction of sp³-hybridized carbons (Fsp3) is 0. The Morgan fingerprint density at radius 3 is 2.59 bits per heavy atom. The number of aromatic carboxylic acids is 1. The molecule has 0 saturated carbocycles. The number of thiophene rings is 1. The third kappa shape index (κ3) is 1.38. The minimum atomic E-state index is -1.09. The van der Waals surface area contributed by atoms with Gasteiger partial charge in [0.15, 0.2) is 4.88 Å². The first-order chi connectivity index (χ1) is 8.18. The van der Waals surface area contributed by atoms with Crippen LogP contribution < -0.4 is 0 Å². The molecule has 17 heavy (non-hydrogen) atoms. The zero-order chi connectivity index (χ0) is 12.0. The van der Waals surface area contributed by atoms with E-state index in [1.54, 1.807) is 6.07 Å². The van der Waals surface area contributed by atoms with Crippen molar-refractivity contribution in [2.24, 2.45) is 0 Å². The number of carboxylic acids is 1. The molecule has 0 spiro atoms. The second-order valence-electron chi connectivity index (χ2n) is 3.75. The molecule has 0 unspecified atom stereocenters. The number of carboxylic acid groups (broad SMARTS) is 1. The van der Waals surface area contributed by atoms with Crippen molar-refractivity contribution in [3.8, 4) is 5.75 Å². The Kier molecular flexibility index (Phi) is 2.06. The number of aromatic hydroxyl groups is 1. The summed E-state index contributed by atoms with van der Waals surface area (Å²) in [5.41, 5.74) is 0. The van der Waals surface area contributed by atoms with Crippen molar-refractivity contribution in [3.05, 3.63) is 41.3 Å². The number of carbonyl (C=O) groups is 1. The Labute approximate surface area is 101 Å². The van der Waals surface area contributed by atoms with Crippen molar-refractivity contribution in [2.75, 3.05) is 0 Å². The van der Waals surface area contributed by atoms with Crippen LogP contribution >= 0.6 is 11.3 Å². The maximum Gasteiger partial charge on any atom is 0.349 e. The molecule has 0 aliphatic rings. The van der Waals surface area contributed by atoms with Crippen LogP contribution in [-0.4, -0.2) is 16.2 Å². The molecule has 1 aromatic heterocycles. The molecular formula is C13H8O3S. The molecule has 84 valence electrons. The minimum Gasteiger partial charge on any atom is -0.505 e. The van der Waals surface area contributed by atoms with Crippen molar-refractivity contribution in [2.45, 2.75) is 0 Å². The fourth-order valence-corrected chi connectivity index (χ4v) is 3.03. The van der Waals surface area contributed by atoms with Gasteiger partial charge >= 0.3 is 5.97 Å². The van der Waals surface area contributed by atoms with E-state index in [1.807, 2.05) is 30.3 Å². The zero-order valence-corrected chi connectivity index (χ0v) is 9.49. The summed E-state index contributed by atoms with van der Waals surface area (Å²) in [6.45, 7) is 0. The highest BCUT2D eigenvalue weighted by Gasteiger charge is 2.18. The molecule has 0 saturated heterocycles. The molecule has 0 amide bonds. The average molecular weight is 244 g/mol. The van der Waals surface area contributed by atoms with E-state index in [9.17, 15) is 9.90 Å². The van der Waals surface area contributed by atoms with E-state index in [0.717, 1.165) is 26.8 Å². The van der Waals surface area contributed by atoms with Crippen molar-refractivity contribution in [1.82, 2.24) is 0 Å². The van der Waals surface area contributed by atoms with Gasteiger partial charge in [0.25, 0.3) is 0 Å². The van der Waals surface area contributed by atoms with E-state index >= 15 is 0 Å². The van der Waals surface area contributed by atoms with Crippen LogP contribution in [0.15, 0.2) is 36.4 Å². The van der Waals surface area contributed by atoms with Crippen molar-refractivity contribution in [1.29, 1.82) is 0 Å². The van der Waals surface area contributed by atoms with Gasteiger partial charge in [-0.1, -0.05) is 30.3 Å². The normalized spacial score (nSPS) is 11.1. The summed E-state index contributed by atoms with van der Waals surface area (Å²) >= 11 is 1.11. The van der Waals surface area contributed by atoms with Crippen LogP contribution in [0.2, 0.25) is 0 Å². The van der Waals surface area contributed by atoms with Gasteiger partial charge in [0.05, 0.1) is 0 Å². The highest BCUT2D eigenvalue weighted by Crippen LogP contribution is 2.40. The van der Waals surface area contributed by atoms with E-state index < -0.39 is 5.97 Å². The topological polar surface area (TPSA) is 57.5 Å². The van der Waals surface area contributed by atoms with E-state index in [1.165, 1.54) is 0 Å².